The van der Waals surface area contributed by atoms with Gasteiger partial charge in [-0.15, -0.1) is 0 Å². The zero-order valence-electron chi connectivity index (χ0n) is 13.8. The molecule has 6 heteroatoms. The van der Waals surface area contributed by atoms with Gasteiger partial charge in [-0.05, 0) is 35.7 Å². The number of aliphatic carboxylic acids is 1. The normalized spacial score (nSPS) is 20.0. The lowest BCUT2D eigenvalue weighted by Crippen LogP contribution is -2.17. The van der Waals surface area contributed by atoms with E-state index in [9.17, 15) is 15.0 Å². The summed E-state index contributed by atoms with van der Waals surface area (Å²) >= 11 is 0. The van der Waals surface area contributed by atoms with Crippen molar-refractivity contribution in [2.75, 3.05) is 13.7 Å². The number of hydrogen-bond acceptors (Lipinski definition) is 5. The van der Waals surface area contributed by atoms with E-state index in [1.165, 1.54) is 7.11 Å². The van der Waals surface area contributed by atoms with Gasteiger partial charge in [0.2, 0.25) is 0 Å². The number of aromatic nitrogens is 1. The molecule has 2 atom stereocenters. The van der Waals surface area contributed by atoms with Gasteiger partial charge in [0.1, 0.15) is 0 Å². The van der Waals surface area contributed by atoms with Crippen LogP contribution in [0.1, 0.15) is 29.2 Å². The minimum Gasteiger partial charge on any atom is -0.504 e. The van der Waals surface area contributed by atoms with E-state index in [2.05, 4.69) is 4.98 Å². The molecule has 130 valence electrons. The molecule has 2 heterocycles. The number of pyridine rings is 1. The first kappa shape index (κ1) is 17.0. The first-order chi connectivity index (χ1) is 12.1. The average Bonchev–Trinajstić information content (AvgIpc) is 3.11. The highest BCUT2D eigenvalue weighted by Crippen LogP contribution is 2.34. The van der Waals surface area contributed by atoms with E-state index < -0.39 is 18.0 Å². The highest BCUT2D eigenvalue weighted by atomic mass is 16.5. The van der Waals surface area contributed by atoms with Crippen molar-refractivity contribution < 1.29 is 24.5 Å². The van der Waals surface area contributed by atoms with Crippen molar-refractivity contribution in [2.45, 2.75) is 12.5 Å². The van der Waals surface area contributed by atoms with E-state index in [0.717, 1.165) is 16.7 Å². The number of phenolic OH excluding ortho intramolecular Hbond substituents is 1. The van der Waals surface area contributed by atoms with Gasteiger partial charge in [0.25, 0.3) is 0 Å². The predicted octanol–water partition coefficient (Wildman–Crippen LogP) is 3.13. The Morgan fingerprint density at radius 3 is 2.84 bits per heavy atom. The van der Waals surface area contributed by atoms with Crippen LogP contribution in [0.25, 0.3) is 12.2 Å². The Bertz CT molecular complexity index is 802. The first-order valence-electron chi connectivity index (χ1n) is 7.93. The minimum atomic E-state index is -0.848. The largest absolute Gasteiger partial charge is 0.504 e. The Morgan fingerprint density at radius 2 is 2.08 bits per heavy atom. The number of ether oxygens (including phenoxy) is 2. The first-order valence-corrected chi connectivity index (χ1v) is 7.93. The maximum atomic E-state index is 11.3. The summed E-state index contributed by atoms with van der Waals surface area (Å²) in [4.78, 5) is 15.5. The fourth-order valence-electron chi connectivity index (χ4n) is 2.88. The second kappa shape index (κ2) is 7.36. The molecule has 1 aliphatic heterocycles. The molecule has 1 fully saturated rings. The molecule has 1 saturated heterocycles. The molecule has 1 aliphatic rings. The highest BCUT2D eigenvalue weighted by Gasteiger charge is 2.35. The van der Waals surface area contributed by atoms with Crippen LogP contribution in [0.2, 0.25) is 0 Å². The van der Waals surface area contributed by atoms with Crippen LogP contribution < -0.4 is 4.74 Å². The summed E-state index contributed by atoms with van der Waals surface area (Å²) < 4.78 is 10.7. The lowest BCUT2D eigenvalue weighted by atomic mass is 9.96. The SMILES string of the molecule is COc1cc(/C=C/c2cncc([C@@H]3OCC[C@H]3C(=O)O)c2)ccc1O. The molecule has 0 bridgehead atoms. The maximum Gasteiger partial charge on any atom is 0.309 e. The summed E-state index contributed by atoms with van der Waals surface area (Å²) in [6.45, 7) is 0.439. The van der Waals surface area contributed by atoms with Crippen LogP contribution in [0.3, 0.4) is 0 Å². The Kier molecular flexibility index (Phi) is 5.00. The van der Waals surface area contributed by atoms with Gasteiger partial charge in [0, 0.05) is 24.6 Å². The quantitative estimate of drug-likeness (QED) is 0.868. The predicted molar refractivity (Wildman–Crippen MR) is 92.3 cm³/mol. The van der Waals surface area contributed by atoms with E-state index in [4.69, 9.17) is 9.47 Å². The number of carboxylic acid groups (broad SMARTS) is 1. The molecule has 0 amide bonds. The van der Waals surface area contributed by atoms with Gasteiger partial charge in [-0.25, -0.2) is 0 Å². The molecule has 0 radical (unpaired) electrons. The third-order valence-electron chi connectivity index (χ3n) is 4.19. The molecular weight excluding hydrogens is 322 g/mol. The third-order valence-corrected chi connectivity index (χ3v) is 4.19. The number of benzene rings is 1. The molecule has 0 unspecified atom stereocenters. The fraction of sp³-hybridized carbons (Fsp3) is 0.263. The van der Waals surface area contributed by atoms with E-state index in [1.54, 1.807) is 30.6 Å². The molecule has 0 aliphatic carbocycles. The maximum absolute atomic E-state index is 11.3. The summed E-state index contributed by atoms with van der Waals surface area (Å²) in [6.07, 6.45) is 7.12. The summed E-state index contributed by atoms with van der Waals surface area (Å²) in [7, 11) is 1.50. The summed E-state index contributed by atoms with van der Waals surface area (Å²) in [6, 6.07) is 6.94. The minimum absolute atomic E-state index is 0.0846. The van der Waals surface area contributed by atoms with Crippen LogP contribution in [-0.2, 0) is 9.53 Å². The molecular formula is C19H19NO5. The summed E-state index contributed by atoms with van der Waals surface area (Å²) in [5.41, 5.74) is 2.46. The number of carbonyl (C=O) groups is 1. The van der Waals surface area contributed by atoms with E-state index in [1.807, 2.05) is 18.2 Å². The van der Waals surface area contributed by atoms with Gasteiger partial charge in [-0.2, -0.15) is 0 Å². The molecule has 3 rings (SSSR count). The Morgan fingerprint density at radius 1 is 1.28 bits per heavy atom. The number of nitrogens with zero attached hydrogens (tertiary/aromatic N) is 1. The van der Waals surface area contributed by atoms with Crippen LogP contribution >= 0.6 is 0 Å². The van der Waals surface area contributed by atoms with Gasteiger partial charge in [-0.1, -0.05) is 18.2 Å². The van der Waals surface area contributed by atoms with Crippen LogP contribution in [-0.4, -0.2) is 34.9 Å². The average molecular weight is 341 g/mol. The smallest absolute Gasteiger partial charge is 0.309 e. The zero-order valence-corrected chi connectivity index (χ0v) is 13.8. The monoisotopic (exact) mass is 341 g/mol. The van der Waals surface area contributed by atoms with Crippen LogP contribution in [0, 0.1) is 5.92 Å². The van der Waals surface area contributed by atoms with Crippen molar-refractivity contribution in [1.29, 1.82) is 0 Å². The van der Waals surface area contributed by atoms with Crippen LogP contribution in [0.4, 0.5) is 0 Å². The van der Waals surface area contributed by atoms with Gasteiger partial charge in [0.05, 0.1) is 19.1 Å². The van der Waals surface area contributed by atoms with Crippen molar-refractivity contribution in [3.63, 3.8) is 0 Å². The lowest BCUT2D eigenvalue weighted by Gasteiger charge is -2.15. The third kappa shape index (κ3) is 3.80. The number of carboxylic acids is 1. The number of methoxy groups -OCH3 is 1. The molecule has 0 saturated carbocycles. The van der Waals surface area contributed by atoms with Gasteiger partial charge in [0.15, 0.2) is 11.5 Å². The summed E-state index contributed by atoms with van der Waals surface area (Å²) in [5.74, 6) is -0.902. The number of hydrogen-bond donors (Lipinski definition) is 2. The van der Waals surface area contributed by atoms with E-state index >= 15 is 0 Å². The second-order valence-electron chi connectivity index (χ2n) is 5.84. The van der Waals surface area contributed by atoms with Crippen molar-refractivity contribution in [3.8, 4) is 11.5 Å². The van der Waals surface area contributed by atoms with Gasteiger partial charge in [-0.3, -0.25) is 9.78 Å². The molecule has 1 aromatic heterocycles. The number of rotatable bonds is 5. The molecule has 2 aromatic rings. The van der Waals surface area contributed by atoms with Crippen molar-refractivity contribution in [3.05, 3.63) is 53.3 Å². The molecule has 6 nitrogen and oxygen atoms in total. The number of phenols is 1. The topological polar surface area (TPSA) is 88.9 Å². The molecule has 0 spiro atoms. The van der Waals surface area contributed by atoms with E-state index in [0.29, 0.717) is 18.8 Å². The van der Waals surface area contributed by atoms with E-state index in [-0.39, 0.29) is 5.75 Å². The highest BCUT2D eigenvalue weighted by molar-refractivity contribution is 5.72. The lowest BCUT2D eigenvalue weighted by molar-refractivity contribution is -0.143. The fourth-order valence-corrected chi connectivity index (χ4v) is 2.88. The Labute approximate surface area is 145 Å². The second-order valence-corrected chi connectivity index (χ2v) is 5.84. The summed E-state index contributed by atoms with van der Waals surface area (Å²) in [5, 5.41) is 18.9. The Hall–Kier alpha value is -2.86. The van der Waals surface area contributed by atoms with Crippen LogP contribution in [0.5, 0.6) is 11.5 Å². The van der Waals surface area contributed by atoms with Crippen molar-refractivity contribution in [1.82, 2.24) is 4.98 Å². The van der Waals surface area contributed by atoms with Gasteiger partial charge >= 0.3 is 5.97 Å². The number of aromatic hydroxyl groups is 1. The van der Waals surface area contributed by atoms with Crippen molar-refractivity contribution >= 4 is 18.1 Å². The van der Waals surface area contributed by atoms with Gasteiger partial charge < -0.3 is 19.7 Å². The van der Waals surface area contributed by atoms with Crippen LogP contribution in [0.15, 0.2) is 36.7 Å². The standard InChI is InChI=1S/C19H19NO5/c1-24-17-9-12(4-5-16(17)21)2-3-13-8-14(11-20-10-13)18-15(19(22)23)6-7-25-18/h2-5,8-11,15,18,21H,6-7H2,1H3,(H,22,23)/b3-2+/t15-,18+/m1/s1. The molecule has 1 aromatic carbocycles. The molecule has 2 N–H and O–H groups in total. The Balaban J connectivity index is 1.81. The van der Waals surface area contributed by atoms with Crippen molar-refractivity contribution in [2.24, 2.45) is 5.92 Å². The molecule has 25 heavy (non-hydrogen) atoms. The zero-order chi connectivity index (χ0) is 17.8.